The van der Waals surface area contributed by atoms with E-state index in [9.17, 15) is 0 Å². The van der Waals surface area contributed by atoms with Crippen molar-refractivity contribution in [3.63, 3.8) is 0 Å². The Morgan fingerprint density at radius 2 is 0.327 bits per heavy atom. The zero-order valence-corrected chi connectivity index (χ0v) is 64.3. The van der Waals surface area contributed by atoms with Gasteiger partial charge in [-0.25, -0.2) is 50.5 Å². The summed E-state index contributed by atoms with van der Waals surface area (Å²) in [6.45, 7) is 8.20. The van der Waals surface area contributed by atoms with Gasteiger partial charge in [0.25, 0.3) is 0 Å². The molecule has 3 aliphatic rings. The first-order valence-corrected chi connectivity index (χ1v) is 43.2. The van der Waals surface area contributed by atoms with E-state index in [4.69, 9.17) is 0 Å². The summed E-state index contributed by atoms with van der Waals surface area (Å²) in [6, 6.07) is 59.9. The van der Waals surface area contributed by atoms with Crippen LogP contribution in [-0.4, -0.2) is 165 Å². The van der Waals surface area contributed by atoms with Gasteiger partial charge in [-0.2, -0.15) is 25.8 Å². The number of fused-ring (bicyclic) bond motifs is 18. The normalized spacial score (nSPS) is 18.4. The third-order valence-electron chi connectivity index (χ3n) is 19.1. The molecule has 104 heavy (non-hydrogen) atoms. The van der Waals surface area contributed by atoms with Crippen molar-refractivity contribution in [3.8, 4) is 0 Å². The lowest BCUT2D eigenvalue weighted by molar-refractivity contribution is 0.212. The summed E-state index contributed by atoms with van der Waals surface area (Å²) in [5.74, 6) is 0. The number of benzene rings is 9. The Labute approximate surface area is 615 Å². The molecule has 0 saturated heterocycles. The second-order valence-corrected chi connectivity index (χ2v) is 38.7. The molecule has 8 bridgehead atoms. The average molecular weight is 1520 g/mol. The molecule has 3 aliphatic heterocycles. The van der Waals surface area contributed by atoms with Crippen LogP contribution in [0.1, 0.15) is 66.8 Å². The SMILES string of the molecule is Cc1ccc(S(=O)(=O)N2CCN3CCN(S(=O)(=O)c4ccc(C)cc4)Cc4cccc(c4)CN(S(=O)(=O)c4ccc(C)cc4)CCN(CCN(S(=O)(=O)c4ccc(C)cc4)Cc4cccc(c4)C2)CCN(S(=O)(=O)c2ccc(C)cc2)Cc2cccc(c2)CN(S(=O)(=O)c2ccc(C)cc2)CC3)cc1. The highest BCUT2D eigenvalue weighted by molar-refractivity contribution is 7.90. The van der Waals surface area contributed by atoms with E-state index in [2.05, 4.69) is 0 Å². The lowest BCUT2D eigenvalue weighted by atomic mass is 10.1. The van der Waals surface area contributed by atoms with Crippen molar-refractivity contribution in [2.45, 2.75) is 110 Å². The molecule has 0 atom stereocenters. The van der Waals surface area contributed by atoms with Gasteiger partial charge in [-0.15, -0.1) is 0 Å². The van der Waals surface area contributed by atoms with E-state index in [1.165, 1.54) is 98.6 Å². The summed E-state index contributed by atoms with van der Waals surface area (Å²) in [5.41, 5.74) is 7.97. The lowest BCUT2D eigenvalue weighted by Crippen LogP contribution is -2.46. The zero-order chi connectivity index (χ0) is 74.2. The third-order valence-corrected chi connectivity index (χ3v) is 30.2. The maximum absolute atomic E-state index is 15.4. The quantitative estimate of drug-likeness (QED) is 0.111. The van der Waals surface area contributed by atoms with Crippen LogP contribution in [0.5, 0.6) is 0 Å². The summed E-state index contributed by atoms with van der Waals surface area (Å²) in [7, 11) is -26.2. The number of rotatable bonds is 12. The summed E-state index contributed by atoms with van der Waals surface area (Å²) in [5, 5.41) is 0. The Morgan fingerprint density at radius 3 is 0.462 bits per heavy atom. The fraction of sp³-hybridized carbons (Fsp3) is 0.308. The Bertz CT molecular complexity index is 4360. The van der Waals surface area contributed by atoms with E-state index in [-0.39, 0.29) is 147 Å². The minimum Gasteiger partial charge on any atom is -0.299 e. The Kier molecular flexibility index (Phi) is 24.6. The predicted molar refractivity (Wildman–Crippen MR) is 405 cm³/mol. The molecule has 0 unspecified atom stereocenters. The molecule has 0 aromatic heterocycles. The zero-order valence-electron chi connectivity index (χ0n) is 59.4. The number of hydrogen-bond acceptors (Lipinski definition) is 14. The van der Waals surface area contributed by atoms with E-state index in [0.29, 0.717) is 33.4 Å². The summed E-state index contributed by atoms with van der Waals surface area (Å²) in [6.07, 6.45) is 0. The van der Waals surface area contributed by atoms with Gasteiger partial charge in [-0.3, -0.25) is 9.80 Å². The van der Waals surface area contributed by atoms with E-state index < -0.39 is 60.1 Å². The van der Waals surface area contributed by atoms with Crippen molar-refractivity contribution in [3.05, 3.63) is 285 Å². The van der Waals surface area contributed by atoms with Crippen LogP contribution >= 0.6 is 0 Å². The molecule has 0 amide bonds. The summed E-state index contributed by atoms with van der Waals surface area (Å²) >= 11 is 0. The molecular weight excluding hydrogens is 1430 g/mol. The van der Waals surface area contributed by atoms with Gasteiger partial charge < -0.3 is 0 Å². The largest absolute Gasteiger partial charge is 0.299 e. The molecule has 20 nitrogen and oxygen atoms in total. The standard InChI is InChI=1S/C78H90N8O12S6/c1-61-16-28-73(29-17-61)99(87,88)81-46-40-79-41-47-82(100(89,90)74-30-18-62(2)19-31-74)57-69-12-8-14-71(53-69)59-85(103(95,96)77-36-24-65(5)25-37-77)50-44-80(43-49-84(56-68-11-7-10-67(52-68)55-81)102(93,94)76-34-22-64(4)23-35-76)45-51-86(104(97,98)78-38-26-66(6)27-39-78)60-72-15-9-13-70(54-72)58-83(48-42-79)101(91,92)75-32-20-63(3)21-33-75/h7-39,52-54H,40-51,55-60H2,1-6H3. The van der Waals surface area contributed by atoms with Crippen LogP contribution in [-0.2, 0) is 99.4 Å². The molecule has 9 aromatic rings. The van der Waals surface area contributed by atoms with E-state index >= 15 is 50.5 Å². The molecule has 3 heterocycles. The lowest BCUT2D eigenvalue weighted by Gasteiger charge is -2.32. The van der Waals surface area contributed by atoms with Gasteiger partial charge in [0.15, 0.2) is 0 Å². The topological polar surface area (TPSA) is 231 Å². The molecule has 26 heteroatoms. The molecule has 0 saturated carbocycles. The van der Waals surface area contributed by atoms with Gasteiger partial charge in [0.2, 0.25) is 60.1 Å². The molecule has 0 fully saturated rings. The van der Waals surface area contributed by atoms with Crippen molar-refractivity contribution in [1.82, 2.24) is 35.6 Å². The second kappa shape index (κ2) is 33.0. The van der Waals surface area contributed by atoms with Crippen molar-refractivity contribution < 1.29 is 50.5 Å². The number of hydrogen-bond donors (Lipinski definition) is 0. The molecule has 0 spiro atoms. The third kappa shape index (κ3) is 18.9. The van der Waals surface area contributed by atoms with Crippen LogP contribution in [0.2, 0.25) is 0 Å². The highest BCUT2D eigenvalue weighted by atomic mass is 32.2. The van der Waals surface area contributed by atoms with Crippen molar-refractivity contribution in [1.29, 1.82) is 0 Å². The molecule has 9 aromatic carbocycles. The first-order valence-electron chi connectivity index (χ1n) is 34.5. The minimum absolute atomic E-state index is 0.00831. The summed E-state index contributed by atoms with van der Waals surface area (Å²) in [4.78, 5) is 3.76. The van der Waals surface area contributed by atoms with Crippen LogP contribution in [0.3, 0.4) is 0 Å². The second-order valence-electron chi connectivity index (χ2n) is 27.1. The van der Waals surface area contributed by atoms with Crippen molar-refractivity contribution in [2.75, 3.05) is 78.5 Å². The molecule has 12 rings (SSSR count). The highest BCUT2D eigenvalue weighted by Crippen LogP contribution is 2.29. The Morgan fingerprint density at radius 1 is 0.192 bits per heavy atom. The average Bonchev–Trinajstić information content (AvgIpc) is 0.832. The molecule has 550 valence electrons. The molecule has 0 aliphatic carbocycles. The molecule has 0 N–H and O–H groups in total. The number of nitrogens with zero attached hydrogens (tertiary/aromatic N) is 8. The fourth-order valence-corrected chi connectivity index (χ4v) is 21.3. The number of aryl methyl sites for hydroxylation is 6. The van der Waals surface area contributed by atoms with Gasteiger partial charge in [-0.05, 0) is 148 Å². The minimum atomic E-state index is -4.37. The van der Waals surface area contributed by atoms with E-state index in [1.54, 1.807) is 146 Å². The maximum atomic E-state index is 15.4. The van der Waals surface area contributed by atoms with Gasteiger partial charge in [-0.1, -0.05) is 179 Å². The van der Waals surface area contributed by atoms with Crippen LogP contribution in [0.15, 0.2) is 248 Å². The van der Waals surface area contributed by atoms with Crippen molar-refractivity contribution in [2.24, 2.45) is 0 Å². The fourth-order valence-electron chi connectivity index (χ4n) is 12.8. The monoisotopic (exact) mass is 1520 g/mol. The molecular formula is C78H90N8O12S6. The first-order chi connectivity index (χ1) is 49.4. The smallest absolute Gasteiger partial charge is 0.243 e. The van der Waals surface area contributed by atoms with Crippen LogP contribution in [0.25, 0.3) is 0 Å². The Balaban J connectivity index is 1.13. The highest BCUT2D eigenvalue weighted by Gasteiger charge is 2.34. The van der Waals surface area contributed by atoms with Gasteiger partial charge in [0.05, 0.1) is 29.4 Å². The van der Waals surface area contributed by atoms with Gasteiger partial charge in [0, 0.05) is 118 Å². The van der Waals surface area contributed by atoms with E-state index in [1.807, 2.05) is 51.3 Å². The maximum Gasteiger partial charge on any atom is 0.243 e. The van der Waals surface area contributed by atoms with Gasteiger partial charge in [0.1, 0.15) is 0 Å². The van der Waals surface area contributed by atoms with Crippen molar-refractivity contribution >= 4 is 60.1 Å². The molecule has 0 radical (unpaired) electrons. The van der Waals surface area contributed by atoms with Crippen LogP contribution in [0, 0.1) is 41.5 Å². The van der Waals surface area contributed by atoms with E-state index in [0.717, 1.165) is 33.4 Å². The predicted octanol–water partition coefficient (Wildman–Crippen LogP) is 10.7. The van der Waals surface area contributed by atoms with Crippen LogP contribution in [0.4, 0.5) is 0 Å². The number of sulfonamides is 6. The summed E-state index contributed by atoms with van der Waals surface area (Å²) < 4.78 is 193. The van der Waals surface area contributed by atoms with Crippen LogP contribution < -0.4 is 0 Å². The van der Waals surface area contributed by atoms with Gasteiger partial charge >= 0.3 is 0 Å². The Hall–Kier alpha value is -7.64. The first kappa shape index (κ1) is 77.5.